The summed E-state index contributed by atoms with van der Waals surface area (Å²) in [6.07, 6.45) is 0. The number of hydrogen-bond donors (Lipinski definition) is 0. The molecular weight excluding hydrogens is 459 g/mol. The molecule has 2 rings (SSSR count). The third-order valence-corrected chi connectivity index (χ3v) is 5.21. The number of methoxy groups -OCH3 is 1. The third-order valence-electron chi connectivity index (χ3n) is 2.72. The van der Waals surface area contributed by atoms with Crippen molar-refractivity contribution in [1.29, 1.82) is 0 Å². The number of benzene rings is 2. The van der Waals surface area contributed by atoms with Crippen molar-refractivity contribution in [3.8, 4) is 5.75 Å². The summed E-state index contributed by atoms with van der Waals surface area (Å²) in [5, 5.41) is 0.721. The van der Waals surface area contributed by atoms with Gasteiger partial charge in [-0.25, -0.2) is 0 Å². The molecule has 100 valence electrons. The minimum atomic E-state index is 0.0216. The lowest BCUT2D eigenvalue weighted by Gasteiger charge is -2.15. The highest BCUT2D eigenvalue weighted by atomic mass is 79.9. The van der Waals surface area contributed by atoms with Gasteiger partial charge in [0, 0.05) is 14.0 Å². The van der Waals surface area contributed by atoms with Crippen LogP contribution in [0.5, 0.6) is 5.75 Å². The fourth-order valence-electron chi connectivity index (χ4n) is 1.71. The van der Waals surface area contributed by atoms with Gasteiger partial charge in [0.25, 0.3) is 0 Å². The molecule has 0 aromatic heterocycles. The number of ether oxygens (including phenoxy) is 1. The molecule has 19 heavy (non-hydrogen) atoms. The smallest absolute Gasteiger partial charge is 0.120 e. The summed E-state index contributed by atoms with van der Waals surface area (Å²) in [6, 6.07) is 11.8. The summed E-state index contributed by atoms with van der Waals surface area (Å²) in [4.78, 5) is 0.0216. The number of hydrogen-bond acceptors (Lipinski definition) is 1. The molecule has 1 nitrogen and oxygen atoms in total. The highest BCUT2D eigenvalue weighted by Gasteiger charge is 2.17. The first-order valence-electron chi connectivity index (χ1n) is 5.45. The van der Waals surface area contributed by atoms with Gasteiger partial charge in [-0.05, 0) is 35.4 Å². The van der Waals surface area contributed by atoms with Crippen LogP contribution in [0, 0.1) is 0 Å². The molecule has 0 radical (unpaired) electrons. The standard InChI is InChI=1S/C14H10Br3ClO/c1-19-9-3-5-10(12(16)7-9)14(17)11-4-2-8(15)6-13(11)18/h2-7,14H,1H3. The van der Waals surface area contributed by atoms with Crippen LogP contribution in [0.3, 0.4) is 0 Å². The molecule has 0 saturated carbocycles. The zero-order valence-electron chi connectivity index (χ0n) is 9.96. The largest absolute Gasteiger partial charge is 0.497 e. The van der Waals surface area contributed by atoms with Crippen molar-refractivity contribution in [3.63, 3.8) is 0 Å². The maximum Gasteiger partial charge on any atom is 0.120 e. The SMILES string of the molecule is COc1ccc(C(Br)c2ccc(Br)cc2Cl)c(Br)c1. The van der Waals surface area contributed by atoms with E-state index in [4.69, 9.17) is 16.3 Å². The van der Waals surface area contributed by atoms with Crippen LogP contribution in [0.4, 0.5) is 0 Å². The van der Waals surface area contributed by atoms with E-state index in [1.54, 1.807) is 7.11 Å². The average molecular weight is 469 g/mol. The van der Waals surface area contributed by atoms with E-state index in [2.05, 4.69) is 47.8 Å². The predicted molar refractivity (Wildman–Crippen MR) is 90.6 cm³/mol. The third kappa shape index (κ3) is 3.54. The van der Waals surface area contributed by atoms with Crippen LogP contribution in [0.1, 0.15) is 16.0 Å². The first-order valence-corrected chi connectivity index (χ1v) is 8.33. The molecule has 0 aliphatic heterocycles. The summed E-state index contributed by atoms with van der Waals surface area (Å²) >= 11 is 17.0. The second kappa shape index (κ2) is 6.61. The molecule has 0 saturated heterocycles. The molecule has 0 N–H and O–H groups in total. The van der Waals surface area contributed by atoms with E-state index in [-0.39, 0.29) is 4.83 Å². The maximum absolute atomic E-state index is 6.29. The number of rotatable bonds is 3. The molecule has 0 heterocycles. The second-order valence-corrected chi connectivity index (χ2v) is 7.01. The monoisotopic (exact) mass is 466 g/mol. The molecule has 2 aromatic rings. The maximum atomic E-state index is 6.29. The van der Waals surface area contributed by atoms with Gasteiger partial charge in [0.1, 0.15) is 5.75 Å². The van der Waals surface area contributed by atoms with Crippen molar-refractivity contribution >= 4 is 59.4 Å². The van der Waals surface area contributed by atoms with Crippen LogP contribution >= 0.6 is 59.4 Å². The highest BCUT2D eigenvalue weighted by Crippen LogP contribution is 2.40. The number of alkyl halides is 1. The van der Waals surface area contributed by atoms with Crippen LogP contribution < -0.4 is 4.74 Å². The van der Waals surface area contributed by atoms with Gasteiger partial charge in [-0.15, -0.1) is 0 Å². The van der Waals surface area contributed by atoms with E-state index < -0.39 is 0 Å². The summed E-state index contributed by atoms with van der Waals surface area (Å²) in [6.45, 7) is 0. The van der Waals surface area contributed by atoms with Crippen molar-refractivity contribution in [2.45, 2.75) is 4.83 Å². The lowest BCUT2D eigenvalue weighted by Crippen LogP contribution is -1.96. The van der Waals surface area contributed by atoms with Crippen molar-refractivity contribution in [3.05, 3.63) is 61.5 Å². The first-order chi connectivity index (χ1) is 9.02. The molecule has 1 unspecified atom stereocenters. The van der Waals surface area contributed by atoms with Crippen LogP contribution in [0.2, 0.25) is 5.02 Å². The Bertz CT molecular complexity index is 601. The average Bonchev–Trinajstić information content (AvgIpc) is 2.37. The fourth-order valence-corrected chi connectivity index (χ4v) is 4.32. The first kappa shape index (κ1) is 15.4. The van der Waals surface area contributed by atoms with E-state index in [9.17, 15) is 0 Å². The van der Waals surface area contributed by atoms with Crippen LogP contribution in [0.15, 0.2) is 45.3 Å². The van der Waals surface area contributed by atoms with Gasteiger partial charge < -0.3 is 4.74 Å². The second-order valence-electron chi connectivity index (χ2n) is 3.92. The lowest BCUT2D eigenvalue weighted by molar-refractivity contribution is 0.414. The van der Waals surface area contributed by atoms with Crippen LogP contribution in [0.25, 0.3) is 0 Å². The van der Waals surface area contributed by atoms with Gasteiger partial charge in [0.05, 0.1) is 11.9 Å². The van der Waals surface area contributed by atoms with Gasteiger partial charge in [-0.2, -0.15) is 0 Å². The zero-order chi connectivity index (χ0) is 14.0. The lowest BCUT2D eigenvalue weighted by atomic mass is 10.0. The molecule has 0 fully saturated rings. The fraction of sp³-hybridized carbons (Fsp3) is 0.143. The highest BCUT2D eigenvalue weighted by molar-refractivity contribution is 9.11. The molecule has 0 spiro atoms. The Morgan fingerprint density at radius 2 is 1.74 bits per heavy atom. The minimum Gasteiger partial charge on any atom is -0.497 e. The molecule has 2 aromatic carbocycles. The Morgan fingerprint density at radius 3 is 2.32 bits per heavy atom. The van der Waals surface area contributed by atoms with Crippen LogP contribution in [-0.4, -0.2) is 7.11 Å². The Balaban J connectivity index is 2.41. The predicted octanol–water partition coefficient (Wildman–Crippen LogP) is 6.36. The number of halogens is 4. The van der Waals surface area contributed by atoms with Crippen molar-refractivity contribution in [2.75, 3.05) is 7.11 Å². The zero-order valence-corrected chi connectivity index (χ0v) is 15.5. The summed E-state index contributed by atoms with van der Waals surface area (Å²) in [5.41, 5.74) is 2.13. The van der Waals surface area contributed by atoms with Gasteiger partial charge in [0.15, 0.2) is 0 Å². The van der Waals surface area contributed by atoms with E-state index in [0.29, 0.717) is 0 Å². The molecular formula is C14H10Br3ClO. The minimum absolute atomic E-state index is 0.0216. The summed E-state index contributed by atoms with van der Waals surface area (Å²) in [5.74, 6) is 0.817. The van der Waals surface area contributed by atoms with Crippen LogP contribution in [-0.2, 0) is 0 Å². The molecule has 0 amide bonds. The van der Waals surface area contributed by atoms with E-state index in [1.807, 2.05) is 36.4 Å². The Hall–Kier alpha value is -0.0300. The Morgan fingerprint density at radius 1 is 1.05 bits per heavy atom. The van der Waals surface area contributed by atoms with Gasteiger partial charge >= 0.3 is 0 Å². The van der Waals surface area contributed by atoms with E-state index in [0.717, 1.165) is 30.8 Å². The topological polar surface area (TPSA) is 9.23 Å². The molecule has 0 aliphatic carbocycles. The molecule has 5 heteroatoms. The Labute approximate surface area is 142 Å². The van der Waals surface area contributed by atoms with Gasteiger partial charge in [0.2, 0.25) is 0 Å². The van der Waals surface area contributed by atoms with Gasteiger partial charge in [-0.3, -0.25) is 0 Å². The molecule has 0 bridgehead atoms. The summed E-state index contributed by atoms with van der Waals surface area (Å²) < 4.78 is 7.14. The van der Waals surface area contributed by atoms with Crippen molar-refractivity contribution in [2.24, 2.45) is 0 Å². The van der Waals surface area contributed by atoms with E-state index in [1.165, 1.54) is 0 Å². The van der Waals surface area contributed by atoms with Gasteiger partial charge in [-0.1, -0.05) is 71.5 Å². The van der Waals surface area contributed by atoms with Crippen molar-refractivity contribution < 1.29 is 4.74 Å². The van der Waals surface area contributed by atoms with E-state index >= 15 is 0 Å². The molecule has 1 atom stereocenters. The summed E-state index contributed by atoms with van der Waals surface area (Å²) in [7, 11) is 1.65. The molecule has 0 aliphatic rings. The normalized spacial score (nSPS) is 12.3. The quantitative estimate of drug-likeness (QED) is 0.476. The van der Waals surface area contributed by atoms with Crippen molar-refractivity contribution in [1.82, 2.24) is 0 Å². The Kier molecular flexibility index (Phi) is 5.35.